The summed E-state index contributed by atoms with van der Waals surface area (Å²) in [7, 11) is 0. The number of aromatic nitrogens is 1. The average Bonchev–Trinajstić information content (AvgIpc) is 2.57. The van der Waals surface area contributed by atoms with Crippen LogP contribution in [0.5, 0.6) is 0 Å². The van der Waals surface area contributed by atoms with E-state index in [-0.39, 0.29) is 5.54 Å². The van der Waals surface area contributed by atoms with Crippen molar-refractivity contribution in [3.05, 3.63) is 10.6 Å². The van der Waals surface area contributed by atoms with Gasteiger partial charge >= 0.3 is 0 Å². The Morgan fingerprint density at radius 3 is 2.53 bits per heavy atom. The summed E-state index contributed by atoms with van der Waals surface area (Å²) in [4.78, 5) is 8.97. The minimum absolute atomic E-state index is 0.177. The van der Waals surface area contributed by atoms with E-state index in [9.17, 15) is 0 Å². The Hall–Kier alpha value is -0.0900. The molecule has 0 amide bonds. The van der Waals surface area contributed by atoms with Crippen LogP contribution in [-0.4, -0.2) is 21.9 Å². The van der Waals surface area contributed by atoms with Gasteiger partial charge in [-0.25, -0.2) is 4.98 Å². The minimum atomic E-state index is 0.177. The second kappa shape index (κ2) is 3.74. The number of alkyl halides is 1. The summed E-state index contributed by atoms with van der Waals surface area (Å²) in [5, 5.41) is 1.18. The largest absolute Gasteiger partial charge is 0.342 e. The molecular formula is C11H17BrN2S. The predicted molar refractivity (Wildman–Crippen MR) is 70.3 cm³/mol. The molecule has 0 saturated carbocycles. The first-order valence-electron chi connectivity index (χ1n) is 5.28. The zero-order valence-corrected chi connectivity index (χ0v) is 12.1. The van der Waals surface area contributed by atoms with E-state index in [1.165, 1.54) is 22.1 Å². The molecule has 1 aliphatic rings. The highest BCUT2D eigenvalue weighted by atomic mass is 79.9. The van der Waals surface area contributed by atoms with Gasteiger partial charge in [0.1, 0.15) is 0 Å². The van der Waals surface area contributed by atoms with Crippen molar-refractivity contribution < 1.29 is 0 Å². The third kappa shape index (κ3) is 1.82. The molecule has 2 rings (SSSR count). The van der Waals surface area contributed by atoms with Crippen LogP contribution in [0.25, 0.3) is 0 Å². The van der Waals surface area contributed by atoms with Crippen LogP contribution >= 0.6 is 27.3 Å². The maximum absolute atomic E-state index is 4.65. The van der Waals surface area contributed by atoms with E-state index in [0.29, 0.717) is 4.83 Å². The molecule has 1 atom stereocenters. The fourth-order valence-electron chi connectivity index (χ4n) is 1.97. The Balaban J connectivity index is 2.32. The monoisotopic (exact) mass is 288 g/mol. The van der Waals surface area contributed by atoms with Gasteiger partial charge in [-0.15, -0.1) is 11.3 Å². The van der Waals surface area contributed by atoms with Gasteiger partial charge in [-0.1, -0.05) is 15.9 Å². The minimum Gasteiger partial charge on any atom is -0.342 e. The standard InChI is InChI=1S/C11H17BrN2S/c1-7-8(2)15-10(13-7)14-6-5-9(12)11(14,3)4/h9H,5-6H2,1-4H3. The van der Waals surface area contributed by atoms with E-state index in [0.717, 1.165) is 6.54 Å². The van der Waals surface area contributed by atoms with Crippen molar-refractivity contribution in [3.63, 3.8) is 0 Å². The van der Waals surface area contributed by atoms with Gasteiger partial charge in [-0.3, -0.25) is 0 Å². The van der Waals surface area contributed by atoms with Crippen LogP contribution in [-0.2, 0) is 0 Å². The number of aryl methyl sites for hydroxylation is 2. The molecule has 1 unspecified atom stereocenters. The molecule has 84 valence electrons. The summed E-state index contributed by atoms with van der Waals surface area (Å²) in [6.07, 6.45) is 1.20. The lowest BCUT2D eigenvalue weighted by Gasteiger charge is -2.33. The number of thiazole rings is 1. The van der Waals surface area contributed by atoms with Crippen molar-refractivity contribution in [2.45, 2.75) is 44.5 Å². The summed E-state index contributed by atoms with van der Waals surface area (Å²) < 4.78 is 0. The average molecular weight is 289 g/mol. The van der Waals surface area contributed by atoms with Crippen LogP contribution in [0.1, 0.15) is 30.8 Å². The number of hydrogen-bond donors (Lipinski definition) is 0. The molecule has 1 aromatic rings. The summed E-state index contributed by atoms with van der Waals surface area (Å²) >= 11 is 5.57. The topological polar surface area (TPSA) is 16.1 Å². The number of nitrogens with zero attached hydrogens (tertiary/aromatic N) is 2. The molecule has 1 saturated heterocycles. The van der Waals surface area contributed by atoms with Gasteiger partial charge in [-0.2, -0.15) is 0 Å². The highest BCUT2D eigenvalue weighted by molar-refractivity contribution is 9.09. The summed E-state index contributed by atoms with van der Waals surface area (Å²) in [6.45, 7) is 9.90. The Labute approximate surface area is 104 Å². The molecule has 1 fully saturated rings. The molecule has 0 aromatic carbocycles. The molecule has 1 aromatic heterocycles. The van der Waals surface area contributed by atoms with Gasteiger partial charge in [-0.05, 0) is 34.1 Å². The fraction of sp³-hybridized carbons (Fsp3) is 0.727. The van der Waals surface area contributed by atoms with Crippen molar-refractivity contribution in [2.75, 3.05) is 11.4 Å². The van der Waals surface area contributed by atoms with Crippen LogP contribution in [0.15, 0.2) is 0 Å². The predicted octanol–water partition coefficient (Wildman–Crippen LogP) is 3.51. The molecule has 0 spiro atoms. The molecule has 0 bridgehead atoms. The molecule has 4 heteroatoms. The van der Waals surface area contributed by atoms with Gasteiger partial charge in [0.15, 0.2) is 5.13 Å². The lowest BCUT2D eigenvalue weighted by molar-refractivity contribution is 0.533. The van der Waals surface area contributed by atoms with Gasteiger partial charge < -0.3 is 4.90 Å². The van der Waals surface area contributed by atoms with Crippen LogP contribution < -0.4 is 4.90 Å². The number of rotatable bonds is 1. The number of anilines is 1. The second-order valence-corrected chi connectivity index (χ2v) is 6.99. The summed E-state index contributed by atoms with van der Waals surface area (Å²) in [5.74, 6) is 0. The molecule has 0 radical (unpaired) electrons. The zero-order valence-electron chi connectivity index (χ0n) is 9.67. The number of hydrogen-bond acceptors (Lipinski definition) is 3. The summed E-state index contributed by atoms with van der Waals surface area (Å²) in [6, 6.07) is 0. The first kappa shape index (κ1) is 11.4. The lowest BCUT2D eigenvalue weighted by Crippen LogP contribution is -2.43. The molecule has 15 heavy (non-hydrogen) atoms. The van der Waals surface area contributed by atoms with E-state index in [1.807, 2.05) is 11.3 Å². The Morgan fingerprint density at radius 1 is 1.47 bits per heavy atom. The first-order chi connectivity index (χ1) is 6.93. The van der Waals surface area contributed by atoms with Crippen molar-refractivity contribution in [1.29, 1.82) is 0 Å². The first-order valence-corrected chi connectivity index (χ1v) is 7.02. The van der Waals surface area contributed by atoms with Gasteiger partial charge in [0.25, 0.3) is 0 Å². The van der Waals surface area contributed by atoms with E-state index < -0.39 is 0 Å². The fourth-order valence-corrected chi connectivity index (χ4v) is 3.50. The zero-order chi connectivity index (χ0) is 11.2. The van der Waals surface area contributed by atoms with E-state index in [4.69, 9.17) is 0 Å². The van der Waals surface area contributed by atoms with Gasteiger partial charge in [0, 0.05) is 21.8 Å². The molecule has 2 heterocycles. The molecule has 0 N–H and O–H groups in total. The highest BCUT2D eigenvalue weighted by Crippen LogP contribution is 2.39. The normalized spacial score (nSPS) is 24.9. The van der Waals surface area contributed by atoms with E-state index in [1.54, 1.807) is 0 Å². The van der Waals surface area contributed by atoms with Gasteiger partial charge in [0.2, 0.25) is 0 Å². The lowest BCUT2D eigenvalue weighted by atomic mass is 10.0. The SMILES string of the molecule is Cc1nc(N2CCC(Br)C2(C)C)sc1C. The van der Waals surface area contributed by atoms with Crippen molar-refractivity contribution in [2.24, 2.45) is 0 Å². The van der Waals surface area contributed by atoms with Crippen molar-refractivity contribution >= 4 is 32.4 Å². The number of halogens is 1. The maximum Gasteiger partial charge on any atom is 0.186 e. The van der Waals surface area contributed by atoms with Crippen molar-refractivity contribution in [1.82, 2.24) is 4.98 Å². The Kier molecular flexibility index (Phi) is 2.84. The van der Waals surface area contributed by atoms with Crippen LogP contribution in [0.2, 0.25) is 0 Å². The van der Waals surface area contributed by atoms with Crippen LogP contribution in [0.4, 0.5) is 5.13 Å². The second-order valence-electron chi connectivity index (χ2n) is 4.70. The Bertz CT molecular complexity index is 353. The molecular weight excluding hydrogens is 272 g/mol. The van der Waals surface area contributed by atoms with E-state index >= 15 is 0 Å². The van der Waals surface area contributed by atoms with E-state index in [2.05, 4.69) is 53.5 Å². The maximum atomic E-state index is 4.65. The molecule has 2 nitrogen and oxygen atoms in total. The van der Waals surface area contributed by atoms with Crippen molar-refractivity contribution in [3.8, 4) is 0 Å². The smallest absolute Gasteiger partial charge is 0.186 e. The Morgan fingerprint density at radius 2 is 2.13 bits per heavy atom. The highest BCUT2D eigenvalue weighted by Gasteiger charge is 2.41. The summed E-state index contributed by atoms with van der Waals surface area (Å²) in [5.41, 5.74) is 1.35. The molecule has 0 aliphatic carbocycles. The quantitative estimate of drug-likeness (QED) is 0.735. The molecule has 1 aliphatic heterocycles. The van der Waals surface area contributed by atoms with Crippen LogP contribution in [0, 0.1) is 13.8 Å². The third-order valence-electron chi connectivity index (χ3n) is 3.32. The van der Waals surface area contributed by atoms with Crippen LogP contribution in [0.3, 0.4) is 0 Å². The van der Waals surface area contributed by atoms with Gasteiger partial charge in [0.05, 0.1) is 5.69 Å². The third-order valence-corrected chi connectivity index (χ3v) is 5.99.